The molecule has 2 aromatic rings. The Hall–Kier alpha value is -2.05. The Balaban J connectivity index is 1.49. The summed E-state index contributed by atoms with van der Waals surface area (Å²) in [7, 11) is 0. The molecule has 0 unspecified atom stereocenters. The van der Waals surface area contributed by atoms with Crippen LogP contribution >= 0.6 is 22.9 Å². The first kappa shape index (κ1) is 24.1. The van der Waals surface area contributed by atoms with Crippen LogP contribution < -0.4 is 4.74 Å². The van der Waals surface area contributed by atoms with Gasteiger partial charge in [-0.25, -0.2) is 0 Å². The number of piperidine rings is 2. The first-order valence-electron chi connectivity index (χ1n) is 11.9. The van der Waals surface area contributed by atoms with Gasteiger partial charge in [0.1, 0.15) is 5.75 Å². The lowest BCUT2D eigenvalue weighted by molar-refractivity contribution is -0.141. The normalized spacial score (nSPS) is 21.2. The third kappa shape index (κ3) is 6.30. The van der Waals surface area contributed by atoms with Gasteiger partial charge in [0.25, 0.3) is 0 Å². The average molecular weight is 489 g/mol. The molecular weight excluding hydrogens is 456 g/mol. The summed E-state index contributed by atoms with van der Waals surface area (Å²) in [5, 5.41) is 2.71. The Morgan fingerprint density at radius 2 is 1.85 bits per heavy atom. The number of nitrogens with zero attached hydrogens (tertiary/aromatic N) is 2. The van der Waals surface area contributed by atoms with Gasteiger partial charge in [0.15, 0.2) is 0 Å². The maximum atomic E-state index is 13.3. The van der Waals surface area contributed by atoms with Gasteiger partial charge in [-0.15, -0.1) is 11.3 Å². The van der Waals surface area contributed by atoms with Gasteiger partial charge in [0.05, 0.1) is 13.0 Å². The molecule has 0 saturated carbocycles. The number of rotatable bonds is 7. The second-order valence-electron chi connectivity index (χ2n) is 9.49. The molecule has 4 rings (SSSR count). The minimum absolute atomic E-state index is 0.134. The van der Waals surface area contributed by atoms with Gasteiger partial charge in [0, 0.05) is 47.9 Å². The van der Waals surface area contributed by atoms with Crippen LogP contribution in [0.3, 0.4) is 0 Å². The molecule has 2 amide bonds. The number of hydrogen-bond acceptors (Lipinski definition) is 4. The van der Waals surface area contributed by atoms with Crippen molar-refractivity contribution in [3.63, 3.8) is 0 Å². The van der Waals surface area contributed by atoms with Crippen LogP contribution in [-0.2, 0) is 16.0 Å². The second-order valence-corrected chi connectivity index (χ2v) is 10.9. The van der Waals surface area contributed by atoms with Crippen LogP contribution in [0.25, 0.3) is 0 Å². The maximum absolute atomic E-state index is 13.3. The first-order chi connectivity index (χ1) is 15.9. The monoisotopic (exact) mass is 488 g/mol. The van der Waals surface area contributed by atoms with Crippen molar-refractivity contribution in [1.82, 2.24) is 9.80 Å². The number of amides is 2. The van der Waals surface area contributed by atoms with E-state index in [0.717, 1.165) is 61.5 Å². The van der Waals surface area contributed by atoms with Crippen molar-refractivity contribution >= 4 is 34.8 Å². The number of thiophene rings is 1. The number of carbonyl (C=O) groups is 2. The van der Waals surface area contributed by atoms with Crippen molar-refractivity contribution < 1.29 is 14.3 Å². The van der Waals surface area contributed by atoms with Gasteiger partial charge >= 0.3 is 0 Å². The Kier molecular flexibility index (Phi) is 7.97. The molecule has 7 heteroatoms. The van der Waals surface area contributed by atoms with Crippen molar-refractivity contribution in [3.05, 3.63) is 51.2 Å². The molecule has 2 aliphatic heterocycles. The van der Waals surface area contributed by atoms with Gasteiger partial charge in [-0.05, 0) is 74.2 Å². The molecule has 33 heavy (non-hydrogen) atoms. The van der Waals surface area contributed by atoms with E-state index in [1.807, 2.05) is 52.4 Å². The van der Waals surface area contributed by atoms with E-state index in [1.165, 1.54) is 6.42 Å². The fourth-order valence-corrected chi connectivity index (χ4v) is 5.74. The highest BCUT2D eigenvalue weighted by atomic mass is 35.5. The number of ether oxygens (including phenoxy) is 1. The number of likely N-dealkylation sites (tertiary alicyclic amines) is 2. The van der Waals surface area contributed by atoms with Crippen LogP contribution in [0.4, 0.5) is 0 Å². The van der Waals surface area contributed by atoms with Gasteiger partial charge in [-0.3, -0.25) is 9.59 Å². The fourth-order valence-electron chi connectivity index (χ4n) is 4.93. The minimum Gasteiger partial charge on any atom is -0.493 e. The molecule has 0 radical (unpaired) electrons. The largest absolute Gasteiger partial charge is 0.493 e. The van der Waals surface area contributed by atoms with Crippen LogP contribution in [0.15, 0.2) is 35.7 Å². The highest BCUT2D eigenvalue weighted by Gasteiger charge is 2.41. The van der Waals surface area contributed by atoms with E-state index in [4.69, 9.17) is 16.3 Å². The number of halogens is 1. The summed E-state index contributed by atoms with van der Waals surface area (Å²) in [5.74, 6) is 1.08. The quantitative estimate of drug-likeness (QED) is 0.528. The molecule has 5 nitrogen and oxygen atoms in total. The number of benzene rings is 1. The van der Waals surface area contributed by atoms with E-state index >= 15 is 0 Å². The average Bonchev–Trinajstić information content (AvgIpc) is 3.34. The summed E-state index contributed by atoms with van der Waals surface area (Å²) in [6.45, 7) is 5.35. The van der Waals surface area contributed by atoms with E-state index in [9.17, 15) is 9.59 Å². The van der Waals surface area contributed by atoms with Crippen LogP contribution in [0.5, 0.6) is 5.75 Å². The molecule has 3 heterocycles. The third-order valence-electron chi connectivity index (χ3n) is 6.83. The van der Waals surface area contributed by atoms with Gasteiger partial charge in [0.2, 0.25) is 11.8 Å². The van der Waals surface area contributed by atoms with Crippen LogP contribution in [0.1, 0.15) is 49.0 Å². The summed E-state index contributed by atoms with van der Waals surface area (Å²) in [6.07, 6.45) is 5.94. The van der Waals surface area contributed by atoms with Crippen LogP contribution in [0, 0.1) is 12.3 Å². The van der Waals surface area contributed by atoms with Gasteiger partial charge < -0.3 is 14.5 Å². The predicted octanol–water partition coefficient (Wildman–Crippen LogP) is 5.34. The lowest BCUT2D eigenvalue weighted by Gasteiger charge is -2.43. The second kappa shape index (κ2) is 10.9. The minimum atomic E-state index is -0.384. The van der Waals surface area contributed by atoms with E-state index in [1.54, 1.807) is 11.3 Å². The molecule has 1 aromatic carbocycles. The van der Waals surface area contributed by atoms with Crippen LogP contribution in [-0.4, -0.2) is 54.4 Å². The summed E-state index contributed by atoms with van der Waals surface area (Å²) in [5.41, 5.74) is 0.579. The van der Waals surface area contributed by atoms with E-state index in [-0.39, 0.29) is 17.2 Å². The third-order valence-corrected chi connectivity index (χ3v) is 8.13. The molecule has 0 aliphatic carbocycles. The summed E-state index contributed by atoms with van der Waals surface area (Å²) in [6, 6.07) is 9.64. The Labute approximate surface area is 205 Å². The zero-order chi connectivity index (χ0) is 23.3. The van der Waals surface area contributed by atoms with Gasteiger partial charge in [-0.2, -0.15) is 0 Å². The molecule has 1 aromatic heterocycles. The van der Waals surface area contributed by atoms with Gasteiger partial charge in [-0.1, -0.05) is 17.7 Å². The van der Waals surface area contributed by atoms with Crippen molar-refractivity contribution in [2.45, 2.75) is 51.9 Å². The Morgan fingerprint density at radius 3 is 2.58 bits per heavy atom. The SMILES string of the molecule is Cc1cc(OC[C@]2(CC(=O)N3CCCCC3)CCCN(C(=O)Cc3cccs3)C2)ccc1Cl. The lowest BCUT2D eigenvalue weighted by Crippen LogP contribution is -2.51. The topological polar surface area (TPSA) is 49.9 Å². The summed E-state index contributed by atoms with van der Waals surface area (Å²) in [4.78, 5) is 31.4. The molecule has 2 saturated heterocycles. The van der Waals surface area contributed by atoms with Crippen molar-refractivity contribution in [1.29, 1.82) is 0 Å². The van der Waals surface area contributed by atoms with Crippen molar-refractivity contribution in [2.75, 3.05) is 32.8 Å². The molecule has 0 spiro atoms. The summed E-state index contributed by atoms with van der Waals surface area (Å²) < 4.78 is 6.24. The lowest BCUT2D eigenvalue weighted by atomic mass is 9.77. The van der Waals surface area contributed by atoms with E-state index < -0.39 is 0 Å². The molecule has 0 N–H and O–H groups in total. The van der Waals surface area contributed by atoms with E-state index in [2.05, 4.69) is 0 Å². The molecule has 2 aliphatic rings. The van der Waals surface area contributed by atoms with Crippen molar-refractivity contribution in [2.24, 2.45) is 5.41 Å². The summed E-state index contributed by atoms with van der Waals surface area (Å²) >= 11 is 7.79. The zero-order valence-corrected chi connectivity index (χ0v) is 20.9. The first-order valence-corrected chi connectivity index (χ1v) is 13.2. The van der Waals surface area contributed by atoms with Crippen molar-refractivity contribution in [3.8, 4) is 5.75 Å². The predicted molar refractivity (Wildman–Crippen MR) is 133 cm³/mol. The number of hydrogen-bond donors (Lipinski definition) is 0. The highest BCUT2D eigenvalue weighted by molar-refractivity contribution is 7.10. The van der Waals surface area contributed by atoms with Crippen LogP contribution in [0.2, 0.25) is 5.02 Å². The molecule has 1 atom stereocenters. The smallest absolute Gasteiger partial charge is 0.227 e. The molecule has 178 valence electrons. The molecule has 0 bridgehead atoms. The number of carbonyl (C=O) groups excluding carboxylic acids is 2. The maximum Gasteiger partial charge on any atom is 0.227 e. The standard InChI is InChI=1S/C26H33ClN2O3S/c1-20-15-21(8-9-23(20)27)32-19-26(17-25(31)28-11-3-2-4-12-28)10-6-13-29(18-26)24(30)16-22-7-5-14-33-22/h5,7-9,14-15H,2-4,6,10-13,16-19H2,1H3/t26-/m0/s1. The number of aryl methyl sites for hydroxylation is 1. The zero-order valence-electron chi connectivity index (χ0n) is 19.4. The fraction of sp³-hybridized carbons (Fsp3) is 0.538. The van der Waals surface area contributed by atoms with E-state index in [0.29, 0.717) is 31.0 Å². The Morgan fingerprint density at radius 1 is 1.06 bits per heavy atom. The molecular formula is C26H33ClN2O3S. The highest BCUT2D eigenvalue weighted by Crippen LogP contribution is 2.36. The Bertz CT molecular complexity index is 958. The molecule has 2 fully saturated rings.